The maximum absolute atomic E-state index is 13.8. The Balaban J connectivity index is 1.56. The number of carbonyl (C=O) groups excluding carboxylic acids is 2. The van der Waals surface area contributed by atoms with Crippen LogP contribution >= 0.6 is 0 Å². The minimum absolute atomic E-state index is 0.0146. The van der Waals surface area contributed by atoms with E-state index in [2.05, 4.69) is 0 Å². The number of benzene rings is 4. The SMILES string of the molecule is Cc1cc2c(c(OCc3ccccc3)c1O)C(=O)c1c(OCc3ccccc3)cccc1C2=O. The molecule has 5 rings (SSSR count). The molecule has 0 atom stereocenters. The molecule has 5 nitrogen and oxygen atoms in total. The van der Waals surface area contributed by atoms with Gasteiger partial charge in [0.2, 0.25) is 5.78 Å². The normalized spacial score (nSPS) is 12.1. The smallest absolute Gasteiger partial charge is 0.202 e. The van der Waals surface area contributed by atoms with Crippen molar-refractivity contribution in [3.8, 4) is 17.2 Å². The number of phenolic OH excluding ortho intramolecular Hbond substituents is 1. The van der Waals surface area contributed by atoms with E-state index in [0.29, 0.717) is 11.3 Å². The third-order valence-corrected chi connectivity index (χ3v) is 5.88. The number of hydrogen-bond donors (Lipinski definition) is 1. The van der Waals surface area contributed by atoms with Crippen molar-refractivity contribution in [2.75, 3.05) is 0 Å². The summed E-state index contributed by atoms with van der Waals surface area (Å²) in [7, 11) is 0. The molecular formula is C29H22O5. The van der Waals surface area contributed by atoms with E-state index in [1.807, 2.05) is 60.7 Å². The average molecular weight is 450 g/mol. The zero-order chi connectivity index (χ0) is 23.7. The lowest BCUT2D eigenvalue weighted by atomic mass is 9.82. The van der Waals surface area contributed by atoms with Crippen LogP contribution < -0.4 is 9.47 Å². The summed E-state index contributed by atoms with van der Waals surface area (Å²) in [6.07, 6.45) is 0. The van der Waals surface area contributed by atoms with Gasteiger partial charge in [-0.25, -0.2) is 0 Å². The molecule has 1 aliphatic carbocycles. The van der Waals surface area contributed by atoms with Gasteiger partial charge in [-0.15, -0.1) is 0 Å². The van der Waals surface area contributed by atoms with E-state index in [1.54, 1.807) is 31.2 Å². The molecule has 0 radical (unpaired) electrons. The van der Waals surface area contributed by atoms with E-state index in [1.165, 1.54) is 0 Å². The van der Waals surface area contributed by atoms with Crippen LogP contribution in [0.3, 0.4) is 0 Å². The van der Waals surface area contributed by atoms with Crippen molar-refractivity contribution in [1.29, 1.82) is 0 Å². The Morgan fingerprint density at radius 3 is 1.94 bits per heavy atom. The third kappa shape index (κ3) is 3.82. The van der Waals surface area contributed by atoms with Crippen LogP contribution in [0.5, 0.6) is 17.2 Å². The van der Waals surface area contributed by atoms with E-state index in [9.17, 15) is 14.7 Å². The third-order valence-electron chi connectivity index (χ3n) is 5.88. The molecule has 0 spiro atoms. The summed E-state index contributed by atoms with van der Waals surface area (Å²) in [5, 5.41) is 10.8. The highest BCUT2D eigenvalue weighted by atomic mass is 16.5. The largest absolute Gasteiger partial charge is 0.504 e. The van der Waals surface area contributed by atoms with Crippen LogP contribution in [-0.2, 0) is 13.2 Å². The summed E-state index contributed by atoms with van der Waals surface area (Å²) in [6.45, 7) is 2.07. The average Bonchev–Trinajstić information content (AvgIpc) is 2.87. The molecule has 34 heavy (non-hydrogen) atoms. The maximum Gasteiger partial charge on any atom is 0.202 e. The molecule has 0 bridgehead atoms. The molecule has 168 valence electrons. The molecular weight excluding hydrogens is 428 g/mol. The van der Waals surface area contributed by atoms with Gasteiger partial charge in [0.05, 0.1) is 11.1 Å². The zero-order valence-electron chi connectivity index (χ0n) is 18.6. The summed E-state index contributed by atoms with van der Waals surface area (Å²) >= 11 is 0. The molecule has 0 aliphatic heterocycles. The highest BCUT2D eigenvalue weighted by molar-refractivity contribution is 6.30. The zero-order valence-corrected chi connectivity index (χ0v) is 18.6. The number of fused-ring (bicyclic) bond motifs is 2. The van der Waals surface area contributed by atoms with E-state index in [-0.39, 0.29) is 52.7 Å². The van der Waals surface area contributed by atoms with Gasteiger partial charge < -0.3 is 14.6 Å². The Morgan fingerprint density at radius 1 is 0.676 bits per heavy atom. The van der Waals surface area contributed by atoms with E-state index >= 15 is 0 Å². The first kappa shape index (κ1) is 21.5. The minimum atomic E-state index is -0.411. The van der Waals surface area contributed by atoms with Crippen LogP contribution in [0, 0.1) is 6.92 Å². The van der Waals surface area contributed by atoms with Gasteiger partial charge in [0.25, 0.3) is 0 Å². The molecule has 1 N–H and O–H groups in total. The van der Waals surface area contributed by atoms with Crippen molar-refractivity contribution < 1.29 is 24.2 Å². The molecule has 4 aromatic rings. The van der Waals surface area contributed by atoms with Crippen LogP contribution in [0.25, 0.3) is 0 Å². The number of hydrogen-bond acceptors (Lipinski definition) is 5. The van der Waals surface area contributed by atoms with E-state index in [0.717, 1.165) is 11.1 Å². The number of phenols is 1. The Morgan fingerprint density at radius 2 is 1.29 bits per heavy atom. The second kappa shape index (κ2) is 8.87. The quantitative estimate of drug-likeness (QED) is 0.363. The molecule has 1 aliphatic rings. The van der Waals surface area contributed by atoms with E-state index in [4.69, 9.17) is 9.47 Å². The van der Waals surface area contributed by atoms with Gasteiger partial charge in [0, 0.05) is 11.1 Å². The van der Waals surface area contributed by atoms with Gasteiger partial charge in [0.15, 0.2) is 17.3 Å². The molecule has 0 saturated heterocycles. The van der Waals surface area contributed by atoms with Crippen molar-refractivity contribution in [2.24, 2.45) is 0 Å². The molecule has 5 heteroatoms. The van der Waals surface area contributed by atoms with Crippen LogP contribution in [0.4, 0.5) is 0 Å². The predicted octanol–water partition coefficient (Wildman–Crippen LogP) is 5.63. The second-order valence-corrected chi connectivity index (χ2v) is 8.18. The lowest BCUT2D eigenvalue weighted by Gasteiger charge is -2.24. The number of carbonyl (C=O) groups is 2. The molecule has 0 saturated carbocycles. The summed E-state index contributed by atoms with van der Waals surface area (Å²) in [5.41, 5.74) is 3.02. The minimum Gasteiger partial charge on any atom is -0.504 e. The van der Waals surface area contributed by atoms with Crippen molar-refractivity contribution in [2.45, 2.75) is 20.1 Å². The van der Waals surface area contributed by atoms with Gasteiger partial charge in [-0.1, -0.05) is 72.8 Å². The van der Waals surface area contributed by atoms with Crippen LogP contribution in [0.15, 0.2) is 84.9 Å². The fourth-order valence-corrected chi connectivity index (χ4v) is 4.13. The molecule has 0 unspecified atom stereocenters. The first-order valence-electron chi connectivity index (χ1n) is 11.0. The highest BCUT2D eigenvalue weighted by Gasteiger charge is 2.36. The summed E-state index contributed by atoms with van der Waals surface area (Å²) in [4.78, 5) is 27.2. The molecule has 0 aromatic heterocycles. The fraction of sp³-hybridized carbons (Fsp3) is 0.103. The topological polar surface area (TPSA) is 72.8 Å². The maximum atomic E-state index is 13.8. The number of ether oxygens (including phenoxy) is 2. The Labute approximate surface area is 197 Å². The van der Waals surface area contributed by atoms with Crippen LogP contribution in [-0.4, -0.2) is 16.7 Å². The first-order chi connectivity index (χ1) is 16.5. The van der Waals surface area contributed by atoms with E-state index < -0.39 is 5.78 Å². The molecule has 4 aromatic carbocycles. The Bertz CT molecular complexity index is 1390. The van der Waals surface area contributed by atoms with Gasteiger partial charge in [-0.05, 0) is 35.7 Å². The standard InChI is InChI=1S/C29H22O5/c1-18-15-22-25(29(26(18)30)34-17-20-11-6-3-7-12-20)28(32)24-21(27(22)31)13-8-14-23(24)33-16-19-9-4-2-5-10-19/h2-15,30H,16-17H2,1H3. The molecule has 0 fully saturated rings. The number of aryl methyl sites for hydroxylation is 1. The number of rotatable bonds is 6. The molecule has 0 amide bonds. The van der Waals surface area contributed by atoms with Crippen molar-refractivity contribution >= 4 is 11.6 Å². The Hall–Kier alpha value is -4.38. The predicted molar refractivity (Wildman–Crippen MR) is 128 cm³/mol. The van der Waals surface area contributed by atoms with Gasteiger partial charge in [0.1, 0.15) is 19.0 Å². The van der Waals surface area contributed by atoms with Crippen molar-refractivity contribution in [3.05, 3.63) is 124 Å². The monoisotopic (exact) mass is 450 g/mol. The molecule has 0 heterocycles. The lowest BCUT2D eigenvalue weighted by Crippen LogP contribution is -2.23. The highest BCUT2D eigenvalue weighted by Crippen LogP contribution is 2.43. The fourth-order valence-electron chi connectivity index (χ4n) is 4.13. The van der Waals surface area contributed by atoms with Crippen molar-refractivity contribution in [3.63, 3.8) is 0 Å². The first-order valence-corrected chi connectivity index (χ1v) is 11.0. The summed E-state index contributed by atoms with van der Waals surface area (Å²) < 4.78 is 11.9. The van der Waals surface area contributed by atoms with Crippen LogP contribution in [0.1, 0.15) is 48.5 Å². The summed E-state index contributed by atoms with van der Waals surface area (Å²) in [6, 6.07) is 25.6. The van der Waals surface area contributed by atoms with Gasteiger partial charge >= 0.3 is 0 Å². The summed E-state index contributed by atoms with van der Waals surface area (Å²) in [5.74, 6) is -0.531. The van der Waals surface area contributed by atoms with Gasteiger partial charge in [-0.3, -0.25) is 9.59 Å². The second-order valence-electron chi connectivity index (χ2n) is 8.18. The number of ketones is 2. The van der Waals surface area contributed by atoms with Gasteiger partial charge in [-0.2, -0.15) is 0 Å². The Kier molecular flexibility index (Phi) is 5.60. The number of aromatic hydroxyl groups is 1. The lowest BCUT2D eigenvalue weighted by molar-refractivity contribution is 0.0970. The van der Waals surface area contributed by atoms with Crippen LogP contribution in [0.2, 0.25) is 0 Å². The van der Waals surface area contributed by atoms with Crippen molar-refractivity contribution in [1.82, 2.24) is 0 Å².